The van der Waals surface area contributed by atoms with Crippen LogP contribution >= 0.6 is 0 Å². The van der Waals surface area contributed by atoms with Gasteiger partial charge in [0.05, 0.1) is 23.2 Å². The minimum Gasteiger partial charge on any atom is -0.379 e. The van der Waals surface area contributed by atoms with Gasteiger partial charge >= 0.3 is 0 Å². The molecule has 0 amide bonds. The van der Waals surface area contributed by atoms with Crippen molar-refractivity contribution < 1.29 is 8.42 Å². The van der Waals surface area contributed by atoms with Crippen molar-refractivity contribution in [3.63, 3.8) is 0 Å². The molecule has 0 fully saturated rings. The average molecular weight is 308 g/mol. The fourth-order valence-electron chi connectivity index (χ4n) is 1.72. The molecule has 1 aromatic carbocycles. The highest BCUT2D eigenvalue weighted by atomic mass is 32.2. The SMILES string of the molecule is CC(C)(C)n1cc(CNc2ccc(S(C)(=O)=O)cc2)nn1. The molecule has 1 aromatic heterocycles. The lowest BCUT2D eigenvalue weighted by atomic mass is 10.1. The molecular formula is C14H20N4O2S. The maximum atomic E-state index is 11.4. The van der Waals surface area contributed by atoms with E-state index in [1.807, 2.05) is 10.9 Å². The first kappa shape index (κ1) is 15.5. The van der Waals surface area contributed by atoms with E-state index in [0.29, 0.717) is 11.4 Å². The summed E-state index contributed by atoms with van der Waals surface area (Å²) in [5, 5.41) is 11.4. The van der Waals surface area contributed by atoms with E-state index >= 15 is 0 Å². The Hall–Kier alpha value is -1.89. The van der Waals surface area contributed by atoms with Gasteiger partial charge in [0, 0.05) is 11.9 Å². The van der Waals surface area contributed by atoms with Crippen LogP contribution in [0.5, 0.6) is 0 Å². The summed E-state index contributed by atoms with van der Waals surface area (Å²) in [7, 11) is -3.15. The summed E-state index contributed by atoms with van der Waals surface area (Å²) in [5.41, 5.74) is 1.58. The van der Waals surface area contributed by atoms with Crippen LogP contribution in [0.2, 0.25) is 0 Å². The summed E-state index contributed by atoms with van der Waals surface area (Å²) in [6.07, 6.45) is 3.10. The second kappa shape index (κ2) is 5.48. The van der Waals surface area contributed by atoms with Crippen molar-refractivity contribution in [3.05, 3.63) is 36.2 Å². The third-order valence-electron chi connectivity index (χ3n) is 2.98. The first-order valence-corrected chi connectivity index (χ1v) is 8.51. The summed E-state index contributed by atoms with van der Waals surface area (Å²) >= 11 is 0. The molecule has 0 atom stereocenters. The van der Waals surface area contributed by atoms with Gasteiger partial charge in [0.1, 0.15) is 5.69 Å². The van der Waals surface area contributed by atoms with Crippen molar-refractivity contribution in [2.24, 2.45) is 0 Å². The van der Waals surface area contributed by atoms with Crippen LogP contribution in [0.15, 0.2) is 35.4 Å². The molecule has 0 saturated carbocycles. The lowest BCUT2D eigenvalue weighted by Gasteiger charge is -2.17. The molecule has 0 aliphatic heterocycles. The Morgan fingerprint density at radius 1 is 1.19 bits per heavy atom. The molecule has 1 N–H and O–H groups in total. The number of aromatic nitrogens is 3. The van der Waals surface area contributed by atoms with Gasteiger partial charge in [-0.1, -0.05) is 5.21 Å². The van der Waals surface area contributed by atoms with Gasteiger partial charge in [0.2, 0.25) is 0 Å². The number of rotatable bonds is 4. The van der Waals surface area contributed by atoms with Gasteiger partial charge in [-0.05, 0) is 45.0 Å². The topological polar surface area (TPSA) is 76.9 Å². The Labute approximate surface area is 125 Å². The van der Waals surface area contributed by atoms with Crippen LogP contribution in [0.1, 0.15) is 26.5 Å². The minimum atomic E-state index is -3.15. The van der Waals surface area contributed by atoms with E-state index in [4.69, 9.17) is 0 Å². The number of sulfone groups is 1. The van der Waals surface area contributed by atoms with Crippen LogP contribution in [-0.2, 0) is 21.9 Å². The predicted molar refractivity (Wildman–Crippen MR) is 81.9 cm³/mol. The van der Waals surface area contributed by atoms with Crippen LogP contribution in [0, 0.1) is 0 Å². The van der Waals surface area contributed by atoms with Gasteiger partial charge in [0.25, 0.3) is 0 Å². The molecule has 0 bridgehead atoms. The number of anilines is 1. The molecule has 2 rings (SSSR count). The fraction of sp³-hybridized carbons (Fsp3) is 0.429. The number of hydrogen-bond donors (Lipinski definition) is 1. The molecular weight excluding hydrogens is 288 g/mol. The standard InChI is InChI=1S/C14H20N4O2S/c1-14(2,3)18-10-12(16-17-18)9-15-11-5-7-13(8-6-11)21(4,19)20/h5-8,10,15H,9H2,1-4H3. The molecule has 0 unspecified atom stereocenters. The lowest BCUT2D eigenvalue weighted by Crippen LogP contribution is -2.22. The van der Waals surface area contributed by atoms with Gasteiger partial charge in [-0.3, -0.25) is 0 Å². The summed E-state index contributed by atoms with van der Waals surface area (Å²) < 4.78 is 24.6. The number of nitrogens with zero attached hydrogens (tertiary/aromatic N) is 3. The van der Waals surface area contributed by atoms with Crippen molar-refractivity contribution >= 4 is 15.5 Å². The predicted octanol–water partition coefficient (Wildman–Crippen LogP) is 2.05. The molecule has 0 spiro atoms. The Morgan fingerprint density at radius 2 is 1.81 bits per heavy atom. The molecule has 6 nitrogen and oxygen atoms in total. The minimum absolute atomic E-state index is 0.0949. The van der Waals surface area contributed by atoms with Crippen LogP contribution < -0.4 is 5.32 Å². The Morgan fingerprint density at radius 3 is 2.29 bits per heavy atom. The summed E-state index contributed by atoms with van der Waals surface area (Å²) in [4.78, 5) is 0.312. The Kier molecular flexibility index (Phi) is 4.04. The summed E-state index contributed by atoms with van der Waals surface area (Å²) in [6.45, 7) is 6.71. The quantitative estimate of drug-likeness (QED) is 0.935. The zero-order chi connectivity index (χ0) is 15.7. The van der Waals surface area contributed by atoms with Gasteiger partial charge in [-0.25, -0.2) is 13.1 Å². The van der Waals surface area contributed by atoms with E-state index in [9.17, 15) is 8.42 Å². The van der Waals surface area contributed by atoms with Crippen LogP contribution in [-0.4, -0.2) is 29.7 Å². The van der Waals surface area contributed by atoms with Crippen molar-refractivity contribution in [3.8, 4) is 0 Å². The molecule has 21 heavy (non-hydrogen) atoms. The second-order valence-corrected chi connectivity index (χ2v) is 7.99. The van der Waals surface area contributed by atoms with Gasteiger partial charge in [-0.2, -0.15) is 0 Å². The third-order valence-corrected chi connectivity index (χ3v) is 4.11. The lowest BCUT2D eigenvalue weighted by molar-refractivity contribution is 0.347. The highest BCUT2D eigenvalue weighted by molar-refractivity contribution is 7.90. The first-order chi connectivity index (χ1) is 9.66. The van der Waals surface area contributed by atoms with Gasteiger partial charge < -0.3 is 5.32 Å². The van der Waals surface area contributed by atoms with E-state index in [2.05, 4.69) is 36.4 Å². The fourth-order valence-corrected chi connectivity index (χ4v) is 2.35. The van der Waals surface area contributed by atoms with E-state index in [-0.39, 0.29) is 5.54 Å². The van der Waals surface area contributed by atoms with E-state index in [0.717, 1.165) is 11.4 Å². The zero-order valence-electron chi connectivity index (χ0n) is 12.7. The number of benzene rings is 1. The highest BCUT2D eigenvalue weighted by Gasteiger charge is 2.14. The molecule has 0 radical (unpaired) electrons. The van der Waals surface area contributed by atoms with Crippen LogP contribution in [0.3, 0.4) is 0 Å². The smallest absolute Gasteiger partial charge is 0.175 e. The van der Waals surface area contributed by atoms with Crippen molar-refractivity contribution in [1.82, 2.24) is 15.0 Å². The maximum absolute atomic E-state index is 11.4. The second-order valence-electron chi connectivity index (χ2n) is 5.98. The monoisotopic (exact) mass is 308 g/mol. The number of nitrogens with one attached hydrogen (secondary N) is 1. The first-order valence-electron chi connectivity index (χ1n) is 6.62. The molecule has 114 valence electrons. The summed E-state index contributed by atoms with van der Waals surface area (Å²) in [5.74, 6) is 0. The third kappa shape index (κ3) is 4.04. The molecule has 1 heterocycles. The maximum Gasteiger partial charge on any atom is 0.175 e. The normalized spacial score (nSPS) is 12.4. The summed E-state index contributed by atoms with van der Waals surface area (Å²) in [6, 6.07) is 6.66. The van der Waals surface area contributed by atoms with Crippen LogP contribution in [0.4, 0.5) is 5.69 Å². The van der Waals surface area contributed by atoms with E-state index in [1.165, 1.54) is 6.26 Å². The molecule has 0 aliphatic rings. The number of hydrogen-bond acceptors (Lipinski definition) is 5. The molecule has 0 saturated heterocycles. The van der Waals surface area contributed by atoms with Crippen LogP contribution in [0.25, 0.3) is 0 Å². The Balaban J connectivity index is 2.02. The van der Waals surface area contributed by atoms with E-state index < -0.39 is 9.84 Å². The largest absolute Gasteiger partial charge is 0.379 e. The van der Waals surface area contributed by atoms with Crippen molar-refractivity contribution in [2.75, 3.05) is 11.6 Å². The zero-order valence-corrected chi connectivity index (χ0v) is 13.5. The molecule has 0 aliphatic carbocycles. The van der Waals surface area contributed by atoms with E-state index in [1.54, 1.807) is 24.3 Å². The Bertz CT molecular complexity index is 712. The molecule has 7 heteroatoms. The van der Waals surface area contributed by atoms with Gasteiger partial charge in [-0.15, -0.1) is 5.10 Å². The van der Waals surface area contributed by atoms with Crippen molar-refractivity contribution in [1.29, 1.82) is 0 Å². The van der Waals surface area contributed by atoms with Gasteiger partial charge in [0.15, 0.2) is 9.84 Å². The molecule has 2 aromatic rings. The highest BCUT2D eigenvalue weighted by Crippen LogP contribution is 2.15. The average Bonchev–Trinajstić information content (AvgIpc) is 2.84. The van der Waals surface area contributed by atoms with Crippen molar-refractivity contribution in [2.45, 2.75) is 37.8 Å².